The highest BCUT2D eigenvalue weighted by molar-refractivity contribution is 5.99. The van der Waals surface area contributed by atoms with Crippen molar-refractivity contribution in [1.29, 1.82) is 0 Å². The van der Waals surface area contributed by atoms with E-state index >= 15 is 0 Å². The van der Waals surface area contributed by atoms with Gasteiger partial charge in [0.15, 0.2) is 5.43 Å². The predicted octanol–water partition coefficient (Wildman–Crippen LogP) is 5.17. The van der Waals surface area contributed by atoms with Crippen LogP contribution in [0.1, 0.15) is 65.0 Å². The Balaban J connectivity index is 1.83. The molecule has 0 saturated heterocycles. The van der Waals surface area contributed by atoms with E-state index in [0.29, 0.717) is 36.3 Å². The minimum atomic E-state index is -0.552. The number of ether oxygens (including phenoxy) is 2. The number of hydrogen-bond acceptors (Lipinski definition) is 5. The number of unbranched alkanes of at least 4 members (excludes halogenated alkanes) is 2. The third kappa shape index (κ3) is 4.40. The topological polar surface area (TPSA) is 69.0 Å². The van der Waals surface area contributed by atoms with E-state index in [2.05, 4.69) is 6.92 Å². The number of benzene rings is 2. The second-order valence-corrected chi connectivity index (χ2v) is 8.65. The number of nitrogens with zero attached hydrogens (tertiary/aromatic N) is 1. The van der Waals surface area contributed by atoms with Crippen molar-refractivity contribution in [2.45, 2.75) is 46.1 Å². The molecule has 1 aliphatic rings. The molecule has 4 rings (SSSR count). The number of carbonyl (C=O) groups is 1. The number of carbonyl (C=O) groups excluding carboxylic acids is 1. The van der Waals surface area contributed by atoms with Crippen molar-refractivity contribution in [2.24, 2.45) is 0 Å². The summed E-state index contributed by atoms with van der Waals surface area (Å²) in [7, 11) is 1.59. The highest BCUT2D eigenvalue weighted by Gasteiger charge is 2.42. The summed E-state index contributed by atoms with van der Waals surface area (Å²) < 4.78 is 17.3. The minimum Gasteiger partial charge on any atom is -0.494 e. The Morgan fingerprint density at radius 1 is 1.06 bits per heavy atom. The van der Waals surface area contributed by atoms with Crippen LogP contribution >= 0.6 is 0 Å². The van der Waals surface area contributed by atoms with E-state index in [1.54, 1.807) is 12.0 Å². The monoisotopic (exact) mass is 449 g/mol. The number of aryl methyl sites for hydroxylation is 2. The van der Waals surface area contributed by atoms with Gasteiger partial charge in [0.2, 0.25) is 5.76 Å². The van der Waals surface area contributed by atoms with Gasteiger partial charge in [-0.05, 0) is 55.2 Å². The lowest BCUT2D eigenvalue weighted by Crippen LogP contribution is -2.32. The molecular weight excluding hydrogens is 418 g/mol. The SMILES string of the molecule is CCCCCOc1cccc(C2c3c(oc4c(C)cc(C)cc4c3=O)C(=O)N2CCOC)c1. The fourth-order valence-electron chi connectivity index (χ4n) is 4.56. The molecule has 33 heavy (non-hydrogen) atoms. The van der Waals surface area contributed by atoms with E-state index in [4.69, 9.17) is 13.9 Å². The molecule has 0 saturated carbocycles. The standard InChI is InChI=1S/C27H31NO5/c1-5-6-7-12-32-20-10-8-9-19(16-20)23-22-24(29)21-15-17(2)14-18(3)25(21)33-26(22)27(30)28(23)11-13-31-4/h8-10,14-16,23H,5-7,11-13H2,1-4H3. The van der Waals surface area contributed by atoms with Gasteiger partial charge in [0.1, 0.15) is 11.3 Å². The van der Waals surface area contributed by atoms with E-state index in [1.807, 2.05) is 50.2 Å². The summed E-state index contributed by atoms with van der Waals surface area (Å²) in [6, 6.07) is 10.9. The molecule has 6 nitrogen and oxygen atoms in total. The molecule has 2 heterocycles. The highest BCUT2D eigenvalue weighted by atomic mass is 16.5. The Labute approximate surface area is 194 Å². The molecule has 3 aromatic rings. The van der Waals surface area contributed by atoms with Crippen molar-refractivity contribution < 1.29 is 18.7 Å². The third-order valence-electron chi connectivity index (χ3n) is 6.12. The Kier molecular flexibility index (Phi) is 6.84. The molecule has 1 unspecified atom stereocenters. The molecule has 174 valence electrons. The first kappa shape index (κ1) is 23.1. The molecule has 0 radical (unpaired) electrons. The van der Waals surface area contributed by atoms with E-state index < -0.39 is 6.04 Å². The maximum Gasteiger partial charge on any atom is 0.290 e. The molecule has 1 amide bonds. The number of fused-ring (bicyclic) bond motifs is 2. The van der Waals surface area contributed by atoms with Gasteiger partial charge >= 0.3 is 0 Å². The van der Waals surface area contributed by atoms with Gasteiger partial charge < -0.3 is 18.8 Å². The maximum atomic E-state index is 13.7. The number of amides is 1. The minimum absolute atomic E-state index is 0.120. The van der Waals surface area contributed by atoms with Crippen molar-refractivity contribution in [2.75, 3.05) is 26.9 Å². The van der Waals surface area contributed by atoms with E-state index in [1.165, 1.54) is 0 Å². The van der Waals surface area contributed by atoms with Gasteiger partial charge in [-0.1, -0.05) is 38.0 Å². The quantitative estimate of drug-likeness (QED) is 0.422. The van der Waals surface area contributed by atoms with Gasteiger partial charge in [0.05, 0.1) is 30.2 Å². The molecule has 0 aliphatic carbocycles. The zero-order chi connectivity index (χ0) is 23.5. The van der Waals surface area contributed by atoms with Crippen LogP contribution in [0.4, 0.5) is 0 Å². The summed E-state index contributed by atoms with van der Waals surface area (Å²) in [5.41, 5.74) is 3.33. The molecule has 0 spiro atoms. The summed E-state index contributed by atoms with van der Waals surface area (Å²) in [5.74, 6) is 0.558. The van der Waals surface area contributed by atoms with E-state index in [-0.39, 0.29) is 17.1 Å². The van der Waals surface area contributed by atoms with Crippen LogP contribution in [0, 0.1) is 13.8 Å². The summed E-state index contributed by atoms with van der Waals surface area (Å²) in [6.45, 7) is 7.34. The fraction of sp³-hybridized carbons (Fsp3) is 0.407. The zero-order valence-corrected chi connectivity index (χ0v) is 19.8. The first-order chi connectivity index (χ1) is 16.0. The van der Waals surface area contributed by atoms with Crippen LogP contribution in [-0.2, 0) is 4.74 Å². The largest absolute Gasteiger partial charge is 0.494 e. The summed E-state index contributed by atoms with van der Waals surface area (Å²) in [4.78, 5) is 28.8. The highest BCUT2D eigenvalue weighted by Crippen LogP contribution is 2.39. The Morgan fingerprint density at radius 2 is 1.88 bits per heavy atom. The van der Waals surface area contributed by atoms with Gasteiger partial charge in [-0.15, -0.1) is 0 Å². The van der Waals surface area contributed by atoms with Crippen molar-refractivity contribution in [3.8, 4) is 5.75 Å². The van der Waals surface area contributed by atoms with Gasteiger partial charge in [-0.25, -0.2) is 0 Å². The van der Waals surface area contributed by atoms with Crippen molar-refractivity contribution in [3.05, 3.63) is 74.6 Å². The van der Waals surface area contributed by atoms with Crippen LogP contribution in [0.5, 0.6) is 5.75 Å². The Bertz CT molecular complexity index is 1230. The summed E-state index contributed by atoms with van der Waals surface area (Å²) in [5, 5.41) is 0.504. The molecule has 1 atom stereocenters. The van der Waals surface area contributed by atoms with Crippen molar-refractivity contribution >= 4 is 16.9 Å². The van der Waals surface area contributed by atoms with Crippen LogP contribution in [0.25, 0.3) is 11.0 Å². The van der Waals surface area contributed by atoms with Gasteiger partial charge in [0, 0.05) is 13.7 Å². The maximum absolute atomic E-state index is 13.7. The predicted molar refractivity (Wildman–Crippen MR) is 128 cm³/mol. The summed E-state index contributed by atoms with van der Waals surface area (Å²) in [6.07, 6.45) is 3.23. The lowest BCUT2D eigenvalue weighted by atomic mass is 9.97. The lowest BCUT2D eigenvalue weighted by Gasteiger charge is -2.25. The average Bonchev–Trinajstić information content (AvgIpc) is 3.08. The molecule has 0 fully saturated rings. The van der Waals surface area contributed by atoms with Gasteiger partial charge in [0.25, 0.3) is 5.91 Å². The second-order valence-electron chi connectivity index (χ2n) is 8.65. The van der Waals surface area contributed by atoms with Gasteiger partial charge in [-0.2, -0.15) is 0 Å². The number of hydrogen-bond donors (Lipinski definition) is 0. The number of methoxy groups -OCH3 is 1. The van der Waals surface area contributed by atoms with Crippen LogP contribution in [0.3, 0.4) is 0 Å². The van der Waals surface area contributed by atoms with Crippen LogP contribution in [-0.4, -0.2) is 37.7 Å². The fourth-order valence-corrected chi connectivity index (χ4v) is 4.56. The van der Waals surface area contributed by atoms with Crippen LogP contribution in [0.2, 0.25) is 0 Å². The van der Waals surface area contributed by atoms with Crippen LogP contribution in [0.15, 0.2) is 45.6 Å². The van der Waals surface area contributed by atoms with Crippen molar-refractivity contribution in [1.82, 2.24) is 4.90 Å². The van der Waals surface area contributed by atoms with Crippen molar-refractivity contribution in [3.63, 3.8) is 0 Å². The normalized spacial score (nSPS) is 15.3. The molecular formula is C27H31NO5. The molecule has 1 aliphatic heterocycles. The van der Waals surface area contributed by atoms with E-state index in [9.17, 15) is 9.59 Å². The summed E-state index contributed by atoms with van der Waals surface area (Å²) >= 11 is 0. The van der Waals surface area contributed by atoms with E-state index in [0.717, 1.165) is 41.7 Å². The van der Waals surface area contributed by atoms with Gasteiger partial charge in [-0.3, -0.25) is 9.59 Å². The molecule has 6 heteroatoms. The second kappa shape index (κ2) is 9.79. The smallest absolute Gasteiger partial charge is 0.290 e. The number of rotatable bonds is 9. The molecule has 0 N–H and O–H groups in total. The third-order valence-corrected chi connectivity index (χ3v) is 6.12. The van der Waals surface area contributed by atoms with Crippen LogP contribution < -0.4 is 10.2 Å². The molecule has 2 aromatic carbocycles. The first-order valence-electron chi connectivity index (χ1n) is 11.6. The first-order valence-corrected chi connectivity index (χ1v) is 11.6. The average molecular weight is 450 g/mol. The lowest BCUT2D eigenvalue weighted by molar-refractivity contribution is 0.0663. The molecule has 1 aromatic heterocycles. The molecule has 0 bridgehead atoms. The Morgan fingerprint density at radius 3 is 2.64 bits per heavy atom. The Hall–Kier alpha value is -3.12. The zero-order valence-electron chi connectivity index (χ0n) is 19.8.